The molecule has 3 aliphatic rings. The smallest absolute Gasteiger partial charge is 0.225 e. The summed E-state index contributed by atoms with van der Waals surface area (Å²) in [6, 6.07) is 0. The summed E-state index contributed by atoms with van der Waals surface area (Å²) < 4.78 is 5.65. The molecule has 2 saturated carbocycles. The summed E-state index contributed by atoms with van der Waals surface area (Å²) in [5.74, 6) is 1.65. The van der Waals surface area contributed by atoms with E-state index in [1.165, 1.54) is 38.5 Å². The number of nitrogens with one attached hydrogen (secondary N) is 2. The fraction of sp³-hybridized carbons (Fsp3) is 0.920. The van der Waals surface area contributed by atoms with E-state index in [-0.39, 0.29) is 0 Å². The van der Waals surface area contributed by atoms with Gasteiger partial charge < -0.3 is 20.3 Å². The van der Waals surface area contributed by atoms with Crippen molar-refractivity contribution in [3.05, 3.63) is 0 Å². The van der Waals surface area contributed by atoms with Gasteiger partial charge in [-0.05, 0) is 51.4 Å². The number of amides is 1. The number of carbonyl (C=O) groups excluding carboxylic acids is 1. The molecule has 0 radical (unpaired) electrons. The summed E-state index contributed by atoms with van der Waals surface area (Å²) in [5, 5.41) is 6.96. The Balaban J connectivity index is 1.39. The number of ether oxygens (including phenoxy) is 1. The van der Waals surface area contributed by atoms with Crippen molar-refractivity contribution in [3.8, 4) is 0 Å². The predicted molar refractivity (Wildman–Crippen MR) is 131 cm³/mol. The molecule has 1 saturated heterocycles. The number of rotatable bonds is 11. The Morgan fingerprint density at radius 2 is 1.75 bits per heavy atom. The lowest BCUT2D eigenvalue weighted by Crippen LogP contribution is -2.52. The van der Waals surface area contributed by atoms with E-state index in [1.54, 1.807) is 0 Å². The third-order valence-electron chi connectivity index (χ3n) is 7.67. The van der Waals surface area contributed by atoms with Gasteiger partial charge in [-0.25, -0.2) is 0 Å². The van der Waals surface area contributed by atoms with Crippen molar-refractivity contribution in [3.63, 3.8) is 0 Å². The summed E-state index contributed by atoms with van der Waals surface area (Å²) in [6.45, 7) is 13.2. The van der Waals surface area contributed by atoms with E-state index in [2.05, 4.69) is 34.3 Å². The van der Waals surface area contributed by atoms with Gasteiger partial charge in [0.15, 0.2) is 5.96 Å². The summed E-state index contributed by atoms with van der Waals surface area (Å²) in [7, 11) is 0. The molecule has 32 heavy (non-hydrogen) atoms. The van der Waals surface area contributed by atoms with E-state index >= 15 is 0 Å². The number of guanidine groups is 1. The van der Waals surface area contributed by atoms with E-state index < -0.39 is 0 Å². The Bertz CT molecular complexity index is 577. The Kier molecular flexibility index (Phi) is 10.6. The Hall–Kier alpha value is -1.34. The van der Waals surface area contributed by atoms with E-state index in [0.29, 0.717) is 17.2 Å². The first-order chi connectivity index (χ1) is 15.7. The lowest BCUT2D eigenvalue weighted by molar-refractivity contribution is -0.137. The standard InChI is InChI=1S/C25H47N5O2/c1-3-26-24(28-21-25(11-7-8-12-25)13-20-32-4-2)27-14-15-29-16-18-30(19-17-29)23(31)22-9-5-6-10-22/h22H,3-21H2,1-2H3,(H2,26,27,28). The monoisotopic (exact) mass is 449 g/mol. The van der Waals surface area contributed by atoms with Crippen LogP contribution in [0.3, 0.4) is 0 Å². The normalized spacial score (nSPS) is 22.4. The van der Waals surface area contributed by atoms with Crippen LogP contribution in [0.1, 0.15) is 71.6 Å². The Morgan fingerprint density at radius 3 is 2.41 bits per heavy atom. The second-order valence-electron chi connectivity index (χ2n) is 9.92. The molecule has 7 nitrogen and oxygen atoms in total. The second kappa shape index (κ2) is 13.4. The maximum absolute atomic E-state index is 12.6. The molecule has 3 fully saturated rings. The van der Waals surface area contributed by atoms with Crippen molar-refractivity contribution in [1.29, 1.82) is 0 Å². The molecule has 2 aliphatic carbocycles. The average Bonchev–Trinajstić information content (AvgIpc) is 3.51. The molecular weight excluding hydrogens is 402 g/mol. The quantitative estimate of drug-likeness (QED) is 0.288. The van der Waals surface area contributed by atoms with Gasteiger partial charge in [0.05, 0.1) is 0 Å². The highest BCUT2D eigenvalue weighted by atomic mass is 16.5. The number of nitrogens with zero attached hydrogens (tertiary/aromatic N) is 3. The van der Waals surface area contributed by atoms with E-state index in [1.807, 2.05) is 0 Å². The lowest BCUT2D eigenvalue weighted by Gasteiger charge is -2.36. The number of carbonyl (C=O) groups is 1. The third-order valence-corrected chi connectivity index (χ3v) is 7.67. The molecule has 1 amide bonds. The summed E-state index contributed by atoms with van der Waals surface area (Å²) >= 11 is 0. The van der Waals surface area contributed by atoms with Gasteiger partial charge in [-0.1, -0.05) is 25.7 Å². The minimum Gasteiger partial charge on any atom is -0.382 e. The zero-order valence-corrected chi connectivity index (χ0v) is 20.7. The molecule has 0 aromatic rings. The van der Waals surface area contributed by atoms with Gasteiger partial charge in [0, 0.05) is 71.5 Å². The molecule has 0 spiro atoms. The lowest BCUT2D eigenvalue weighted by atomic mass is 9.83. The maximum atomic E-state index is 12.6. The average molecular weight is 450 g/mol. The van der Waals surface area contributed by atoms with Crippen LogP contribution in [0.15, 0.2) is 4.99 Å². The highest BCUT2D eigenvalue weighted by molar-refractivity contribution is 5.80. The SMILES string of the molecule is CCNC(=NCC1(CCOCC)CCCC1)NCCN1CCN(C(=O)C2CCCC2)CC1. The van der Waals surface area contributed by atoms with Crippen molar-refractivity contribution in [2.45, 2.75) is 71.6 Å². The number of hydrogen-bond acceptors (Lipinski definition) is 4. The van der Waals surface area contributed by atoms with Crippen LogP contribution in [0.4, 0.5) is 0 Å². The van der Waals surface area contributed by atoms with Crippen LogP contribution in [-0.4, -0.2) is 87.2 Å². The largest absolute Gasteiger partial charge is 0.382 e. The topological polar surface area (TPSA) is 69.2 Å². The van der Waals surface area contributed by atoms with Gasteiger partial charge in [-0.2, -0.15) is 0 Å². The maximum Gasteiger partial charge on any atom is 0.225 e. The van der Waals surface area contributed by atoms with Crippen LogP contribution >= 0.6 is 0 Å². The molecule has 0 bridgehead atoms. The summed E-state index contributed by atoms with van der Waals surface area (Å²) in [5.41, 5.74) is 0.319. The van der Waals surface area contributed by atoms with E-state index in [4.69, 9.17) is 9.73 Å². The molecule has 0 atom stereocenters. The van der Waals surface area contributed by atoms with Gasteiger partial charge in [0.25, 0.3) is 0 Å². The van der Waals surface area contributed by atoms with Gasteiger partial charge in [0.1, 0.15) is 0 Å². The molecule has 1 aliphatic heterocycles. The van der Waals surface area contributed by atoms with Crippen LogP contribution in [0.25, 0.3) is 0 Å². The molecule has 1 heterocycles. The van der Waals surface area contributed by atoms with E-state index in [0.717, 1.165) is 90.8 Å². The van der Waals surface area contributed by atoms with Crippen molar-refractivity contribution in [2.75, 3.05) is 65.6 Å². The first kappa shape index (κ1) is 25.3. The van der Waals surface area contributed by atoms with Crippen LogP contribution in [-0.2, 0) is 9.53 Å². The second-order valence-corrected chi connectivity index (χ2v) is 9.92. The first-order valence-corrected chi connectivity index (χ1v) is 13.3. The molecule has 0 aromatic carbocycles. The minimum atomic E-state index is 0.304. The van der Waals surface area contributed by atoms with Crippen molar-refractivity contribution in [2.24, 2.45) is 16.3 Å². The zero-order valence-electron chi connectivity index (χ0n) is 20.7. The first-order valence-electron chi connectivity index (χ1n) is 13.3. The van der Waals surface area contributed by atoms with Crippen LogP contribution in [0, 0.1) is 11.3 Å². The van der Waals surface area contributed by atoms with Crippen molar-refractivity contribution < 1.29 is 9.53 Å². The van der Waals surface area contributed by atoms with Crippen LogP contribution in [0.5, 0.6) is 0 Å². The molecule has 2 N–H and O–H groups in total. The fourth-order valence-electron chi connectivity index (χ4n) is 5.59. The molecular formula is C25H47N5O2. The minimum absolute atomic E-state index is 0.304. The Morgan fingerprint density at radius 1 is 1.03 bits per heavy atom. The fourth-order valence-corrected chi connectivity index (χ4v) is 5.59. The van der Waals surface area contributed by atoms with Gasteiger partial charge >= 0.3 is 0 Å². The summed E-state index contributed by atoms with van der Waals surface area (Å²) in [4.78, 5) is 22.2. The van der Waals surface area contributed by atoms with E-state index in [9.17, 15) is 4.79 Å². The van der Waals surface area contributed by atoms with Gasteiger partial charge in [-0.3, -0.25) is 14.7 Å². The van der Waals surface area contributed by atoms with Crippen LogP contribution < -0.4 is 10.6 Å². The zero-order chi connectivity index (χ0) is 22.7. The highest BCUT2D eigenvalue weighted by Crippen LogP contribution is 2.41. The Labute approximate surface area is 195 Å². The third kappa shape index (κ3) is 7.62. The van der Waals surface area contributed by atoms with Crippen LogP contribution in [0.2, 0.25) is 0 Å². The highest BCUT2D eigenvalue weighted by Gasteiger charge is 2.33. The van der Waals surface area contributed by atoms with Crippen molar-refractivity contribution in [1.82, 2.24) is 20.4 Å². The molecule has 0 unspecified atom stereocenters. The number of hydrogen-bond donors (Lipinski definition) is 2. The molecule has 7 heteroatoms. The number of piperazine rings is 1. The summed E-state index contributed by atoms with van der Waals surface area (Å²) in [6.07, 6.45) is 11.0. The van der Waals surface area contributed by atoms with Gasteiger partial charge in [0.2, 0.25) is 5.91 Å². The molecule has 3 rings (SSSR count). The predicted octanol–water partition coefficient (Wildman–Crippen LogP) is 2.86. The number of aliphatic imine (C=N–C) groups is 1. The van der Waals surface area contributed by atoms with Crippen molar-refractivity contribution >= 4 is 11.9 Å². The molecule has 0 aromatic heterocycles. The van der Waals surface area contributed by atoms with Gasteiger partial charge in [-0.15, -0.1) is 0 Å². The molecule has 184 valence electrons.